The van der Waals surface area contributed by atoms with Crippen LogP contribution in [0.3, 0.4) is 0 Å². The van der Waals surface area contributed by atoms with Crippen molar-refractivity contribution in [2.45, 2.75) is 31.1 Å². The summed E-state index contributed by atoms with van der Waals surface area (Å²) < 4.78 is 5.29. The summed E-state index contributed by atoms with van der Waals surface area (Å²) >= 11 is 1.63. The quantitative estimate of drug-likeness (QED) is 0.820. The van der Waals surface area contributed by atoms with Crippen LogP contribution in [0.2, 0.25) is 0 Å². The van der Waals surface area contributed by atoms with E-state index >= 15 is 0 Å². The molecule has 0 amide bonds. The maximum atomic E-state index is 11.1. The Kier molecular flexibility index (Phi) is 4.87. The molecule has 1 rings (SSSR count). The summed E-state index contributed by atoms with van der Waals surface area (Å²) in [4.78, 5) is 12.2. The monoisotopic (exact) mass is 254 g/mol. The lowest BCUT2D eigenvalue weighted by Crippen LogP contribution is -2.09. The summed E-state index contributed by atoms with van der Waals surface area (Å²) in [6.45, 7) is 3.75. The van der Waals surface area contributed by atoms with Gasteiger partial charge in [-0.05, 0) is 37.3 Å². The summed E-state index contributed by atoms with van der Waals surface area (Å²) in [7, 11) is 1.58. The van der Waals surface area contributed by atoms with Crippen LogP contribution in [0.25, 0.3) is 0 Å². The van der Waals surface area contributed by atoms with E-state index in [0.717, 1.165) is 16.9 Å². The number of carbonyl (C=O) groups is 1. The van der Waals surface area contributed by atoms with Gasteiger partial charge in [-0.1, -0.05) is 6.92 Å². The predicted octanol–water partition coefficient (Wildman–Crippen LogP) is 3.17. The van der Waals surface area contributed by atoms with Gasteiger partial charge in [0.15, 0.2) is 0 Å². The molecule has 0 bridgehead atoms. The summed E-state index contributed by atoms with van der Waals surface area (Å²) in [6, 6.07) is 3.88. The Morgan fingerprint density at radius 1 is 1.53 bits per heavy atom. The number of ether oxygens (including phenoxy) is 1. The second kappa shape index (κ2) is 5.96. The number of hydrogen-bond acceptors (Lipinski definition) is 3. The molecular weight excluding hydrogens is 236 g/mol. The molecule has 1 aromatic rings. The standard InChI is InChI=1S/C13H18O3S/c1-5-9-6-11(16-3)10(7-12(9)17-4)8(2)13(14)15/h6-8H,5H2,1-4H3,(H,14,15). The molecule has 0 aliphatic carbocycles. The summed E-state index contributed by atoms with van der Waals surface area (Å²) in [6.07, 6.45) is 2.91. The average molecular weight is 254 g/mol. The van der Waals surface area contributed by atoms with Gasteiger partial charge in [0, 0.05) is 10.5 Å². The number of benzene rings is 1. The van der Waals surface area contributed by atoms with Crippen molar-refractivity contribution in [2.75, 3.05) is 13.4 Å². The molecule has 0 aliphatic heterocycles. The van der Waals surface area contributed by atoms with E-state index < -0.39 is 11.9 Å². The van der Waals surface area contributed by atoms with Crippen LogP contribution in [0.1, 0.15) is 30.9 Å². The largest absolute Gasteiger partial charge is 0.496 e. The summed E-state index contributed by atoms with van der Waals surface area (Å²) in [5.41, 5.74) is 1.93. The van der Waals surface area contributed by atoms with Crippen LogP contribution in [0, 0.1) is 0 Å². The van der Waals surface area contributed by atoms with E-state index in [1.807, 2.05) is 18.4 Å². The molecule has 1 N–H and O–H groups in total. The topological polar surface area (TPSA) is 46.5 Å². The van der Waals surface area contributed by atoms with Crippen molar-refractivity contribution in [2.24, 2.45) is 0 Å². The number of aliphatic carboxylic acids is 1. The zero-order valence-corrected chi connectivity index (χ0v) is 11.4. The van der Waals surface area contributed by atoms with Crippen molar-refractivity contribution in [1.82, 2.24) is 0 Å². The fraction of sp³-hybridized carbons (Fsp3) is 0.462. The first kappa shape index (κ1) is 13.9. The van der Waals surface area contributed by atoms with Crippen LogP contribution in [-0.2, 0) is 11.2 Å². The third kappa shape index (κ3) is 2.94. The van der Waals surface area contributed by atoms with Gasteiger partial charge in [-0.3, -0.25) is 4.79 Å². The number of thioether (sulfide) groups is 1. The summed E-state index contributed by atoms with van der Waals surface area (Å²) in [5.74, 6) is -0.726. The zero-order chi connectivity index (χ0) is 13.0. The van der Waals surface area contributed by atoms with E-state index in [1.165, 1.54) is 5.56 Å². The number of carboxylic acid groups (broad SMARTS) is 1. The van der Waals surface area contributed by atoms with Crippen LogP contribution < -0.4 is 4.74 Å². The van der Waals surface area contributed by atoms with Crippen molar-refractivity contribution in [1.29, 1.82) is 0 Å². The van der Waals surface area contributed by atoms with Gasteiger partial charge in [0.25, 0.3) is 0 Å². The highest BCUT2D eigenvalue weighted by molar-refractivity contribution is 7.98. The fourth-order valence-corrected chi connectivity index (χ4v) is 2.44. The van der Waals surface area contributed by atoms with Crippen molar-refractivity contribution in [3.63, 3.8) is 0 Å². The molecule has 0 saturated heterocycles. The van der Waals surface area contributed by atoms with E-state index in [2.05, 4.69) is 6.92 Å². The molecule has 3 nitrogen and oxygen atoms in total. The minimum Gasteiger partial charge on any atom is -0.496 e. The third-order valence-corrected chi connectivity index (χ3v) is 3.67. The van der Waals surface area contributed by atoms with Crippen LogP contribution >= 0.6 is 11.8 Å². The lowest BCUT2D eigenvalue weighted by Gasteiger charge is -2.16. The predicted molar refractivity (Wildman–Crippen MR) is 70.2 cm³/mol. The van der Waals surface area contributed by atoms with E-state index in [9.17, 15) is 4.79 Å². The van der Waals surface area contributed by atoms with Crippen molar-refractivity contribution >= 4 is 17.7 Å². The molecule has 0 radical (unpaired) electrons. The number of rotatable bonds is 5. The summed E-state index contributed by atoms with van der Waals surface area (Å²) in [5, 5.41) is 9.08. The highest BCUT2D eigenvalue weighted by Gasteiger charge is 2.20. The molecule has 1 atom stereocenters. The Bertz CT molecular complexity index is 415. The molecule has 0 aliphatic rings. The lowest BCUT2D eigenvalue weighted by molar-refractivity contribution is -0.138. The maximum absolute atomic E-state index is 11.1. The van der Waals surface area contributed by atoms with Gasteiger partial charge in [0.05, 0.1) is 13.0 Å². The Labute approximate surface area is 106 Å². The van der Waals surface area contributed by atoms with Gasteiger partial charge in [0.2, 0.25) is 0 Å². The van der Waals surface area contributed by atoms with Gasteiger partial charge >= 0.3 is 5.97 Å². The minimum absolute atomic E-state index is 0.554. The second-order valence-corrected chi connectivity index (χ2v) is 4.67. The smallest absolute Gasteiger partial charge is 0.310 e. The molecule has 0 heterocycles. The Morgan fingerprint density at radius 3 is 2.59 bits per heavy atom. The Hall–Kier alpha value is -1.16. The Balaban J connectivity index is 3.33. The first-order valence-corrected chi connectivity index (χ1v) is 6.75. The molecule has 1 unspecified atom stereocenters. The molecule has 0 fully saturated rings. The molecule has 0 spiro atoms. The van der Waals surface area contributed by atoms with Crippen LogP contribution in [0.4, 0.5) is 0 Å². The van der Waals surface area contributed by atoms with Crippen molar-refractivity contribution < 1.29 is 14.6 Å². The van der Waals surface area contributed by atoms with E-state index in [0.29, 0.717) is 5.75 Å². The number of aryl methyl sites for hydroxylation is 1. The average Bonchev–Trinajstić information content (AvgIpc) is 2.35. The second-order valence-electron chi connectivity index (χ2n) is 3.82. The van der Waals surface area contributed by atoms with E-state index in [1.54, 1.807) is 25.8 Å². The van der Waals surface area contributed by atoms with E-state index in [-0.39, 0.29) is 0 Å². The van der Waals surface area contributed by atoms with Gasteiger partial charge in [-0.2, -0.15) is 0 Å². The third-order valence-electron chi connectivity index (χ3n) is 2.85. The minimum atomic E-state index is -0.834. The maximum Gasteiger partial charge on any atom is 0.310 e. The number of hydrogen-bond donors (Lipinski definition) is 1. The molecule has 4 heteroatoms. The molecule has 94 valence electrons. The molecule has 0 aromatic heterocycles. The first-order chi connectivity index (χ1) is 8.04. The fourth-order valence-electron chi connectivity index (χ4n) is 1.73. The van der Waals surface area contributed by atoms with E-state index in [4.69, 9.17) is 9.84 Å². The SMILES string of the molecule is CCc1cc(OC)c(C(C)C(=O)O)cc1SC. The zero-order valence-electron chi connectivity index (χ0n) is 10.6. The van der Waals surface area contributed by atoms with Crippen molar-refractivity contribution in [3.05, 3.63) is 23.3 Å². The molecule has 0 saturated carbocycles. The van der Waals surface area contributed by atoms with Crippen molar-refractivity contribution in [3.8, 4) is 5.75 Å². The lowest BCUT2D eigenvalue weighted by atomic mass is 9.98. The van der Waals surface area contributed by atoms with Crippen LogP contribution in [0.5, 0.6) is 5.75 Å². The number of methoxy groups -OCH3 is 1. The number of carboxylic acids is 1. The molecular formula is C13H18O3S. The molecule has 17 heavy (non-hydrogen) atoms. The van der Waals surface area contributed by atoms with Gasteiger partial charge in [-0.15, -0.1) is 11.8 Å². The normalized spacial score (nSPS) is 12.2. The Morgan fingerprint density at radius 2 is 2.18 bits per heavy atom. The van der Waals surface area contributed by atoms with Crippen LogP contribution in [0.15, 0.2) is 17.0 Å². The molecule has 1 aromatic carbocycles. The highest BCUT2D eigenvalue weighted by Crippen LogP contribution is 2.34. The van der Waals surface area contributed by atoms with Crippen LogP contribution in [-0.4, -0.2) is 24.4 Å². The first-order valence-electron chi connectivity index (χ1n) is 5.52. The van der Waals surface area contributed by atoms with Gasteiger partial charge < -0.3 is 9.84 Å². The van der Waals surface area contributed by atoms with Gasteiger partial charge in [-0.25, -0.2) is 0 Å². The van der Waals surface area contributed by atoms with Gasteiger partial charge in [0.1, 0.15) is 5.75 Å². The highest BCUT2D eigenvalue weighted by atomic mass is 32.2.